The smallest absolute Gasteiger partial charge is 0.310 e. The van der Waals surface area contributed by atoms with E-state index in [4.69, 9.17) is 21.1 Å². The first-order chi connectivity index (χ1) is 9.17. The predicted octanol–water partition coefficient (Wildman–Crippen LogP) is 3.84. The van der Waals surface area contributed by atoms with E-state index >= 15 is 0 Å². The van der Waals surface area contributed by atoms with E-state index in [9.17, 15) is 4.79 Å². The van der Waals surface area contributed by atoms with Crippen molar-refractivity contribution in [1.29, 1.82) is 0 Å². The van der Waals surface area contributed by atoms with Gasteiger partial charge in [-0.15, -0.1) is 0 Å². The molecule has 0 bridgehead atoms. The van der Waals surface area contributed by atoms with Crippen LogP contribution in [0.25, 0.3) is 0 Å². The molecule has 19 heavy (non-hydrogen) atoms. The Balaban J connectivity index is 2.02. The molecule has 1 aromatic carbocycles. The standard InChI is InChI=1S/C14H12ClNO3/c1-2-14(17)19-12-6-4-11(5-7-12)18-13-8-3-10(15)9-16-13/h3-9H,2H2,1H3. The van der Waals surface area contributed by atoms with Crippen molar-refractivity contribution in [3.05, 3.63) is 47.6 Å². The lowest BCUT2D eigenvalue weighted by Gasteiger charge is -2.06. The molecule has 0 atom stereocenters. The van der Waals surface area contributed by atoms with E-state index in [1.54, 1.807) is 43.3 Å². The van der Waals surface area contributed by atoms with E-state index in [1.807, 2.05) is 0 Å². The van der Waals surface area contributed by atoms with Crippen LogP contribution in [0.5, 0.6) is 17.4 Å². The summed E-state index contributed by atoms with van der Waals surface area (Å²) in [6.45, 7) is 1.74. The fourth-order valence-electron chi connectivity index (χ4n) is 1.32. The van der Waals surface area contributed by atoms with Crippen LogP contribution in [0.3, 0.4) is 0 Å². The van der Waals surface area contributed by atoms with Crippen LogP contribution in [0, 0.1) is 0 Å². The highest BCUT2D eigenvalue weighted by Crippen LogP contribution is 2.23. The number of esters is 1. The molecule has 1 aromatic heterocycles. The predicted molar refractivity (Wildman–Crippen MR) is 71.7 cm³/mol. The Hall–Kier alpha value is -2.07. The van der Waals surface area contributed by atoms with E-state index in [1.165, 1.54) is 6.20 Å². The highest BCUT2D eigenvalue weighted by Gasteiger charge is 2.03. The first-order valence-electron chi connectivity index (χ1n) is 5.77. The number of pyridine rings is 1. The maximum Gasteiger partial charge on any atom is 0.310 e. The van der Waals surface area contributed by atoms with Gasteiger partial charge in [-0.25, -0.2) is 4.98 Å². The molecule has 5 heteroatoms. The van der Waals surface area contributed by atoms with Crippen LogP contribution in [-0.4, -0.2) is 11.0 Å². The van der Waals surface area contributed by atoms with Crippen LogP contribution in [0.15, 0.2) is 42.6 Å². The van der Waals surface area contributed by atoms with Gasteiger partial charge in [-0.3, -0.25) is 4.79 Å². The van der Waals surface area contributed by atoms with Crippen molar-refractivity contribution in [2.24, 2.45) is 0 Å². The molecule has 1 heterocycles. The summed E-state index contributed by atoms with van der Waals surface area (Å²) in [5.74, 6) is 1.27. The third kappa shape index (κ3) is 3.96. The lowest BCUT2D eigenvalue weighted by atomic mass is 10.3. The van der Waals surface area contributed by atoms with Gasteiger partial charge in [0.2, 0.25) is 5.88 Å². The molecule has 4 nitrogen and oxygen atoms in total. The number of rotatable bonds is 4. The number of ether oxygens (including phenoxy) is 2. The molecule has 0 N–H and O–H groups in total. The monoisotopic (exact) mass is 277 g/mol. The second-order valence-corrected chi connectivity index (χ2v) is 4.15. The van der Waals surface area contributed by atoms with Crippen LogP contribution in [0.1, 0.15) is 13.3 Å². The Bertz CT molecular complexity index is 552. The zero-order valence-electron chi connectivity index (χ0n) is 10.3. The molecule has 0 aliphatic rings. The molecule has 0 spiro atoms. The summed E-state index contributed by atoms with van der Waals surface area (Å²) in [4.78, 5) is 15.1. The molecule has 0 saturated carbocycles. The van der Waals surface area contributed by atoms with Crippen molar-refractivity contribution >= 4 is 17.6 Å². The van der Waals surface area contributed by atoms with Crippen molar-refractivity contribution in [3.8, 4) is 17.4 Å². The molecule has 98 valence electrons. The summed E-state index contributed by atoms with van der Waals surface area (Å²) in [5, 5.41) is 0.550. The van der Waals surface area contributed by atoms with Crippen molar-refractivity contribution in [2.45, 2.75) is 13.3 Å². The van der Waals surface area contributed by atoms with Crippen molar-refractivity contribution in [3.63, 3.8) is 0 Å². The number of carbonyl (C=O) groups is 1. The van der Waals surface area contributed by atoms with Crippen LogP contribution in [-0.2, 0) is 4.79 Å². The second-order valence-electron chi connectivity index (χ2n) is 3.72. The van der Waals surface area contributed by atoms with Gasteiger partial charge in [0.15, 0.2) is 0 Å². The largest absolute Gasteiger partial charge is 0.439 e. The van der Waals surface area contributed by atoms with Gasteiger partial charge in [-0.05, 0) is 30.3 Å². The first kappa shape index (κ1) is 13.4. The van der Waals surface area contributed by atoms with Gasteiger partial charge in [-0.1, -0.05) is 18.5 Å². The number of carbonyl (C=O) groups excluding carboxylic acids is 1. The van der Waals surface area contributed by atoms with E-state index < -0.39 is 0 Å². The zero-order chi connectivity index (χ0) is 13.7. The SMILES string of the molecule is CCC(=O)Oc1ccc(Oc2ccc(Cl)cn2)cc1. The molecule has 0 unspecified atom stereocenters. The van der Waals surface area contributed by atoms with Gasteiger partial charge in [0, 0.05) is 18.7 Å². The summed E-state index contributed by atoms with van der Waals surface area (Å²) < 4.78 is 10.6. The molecule has 0 fully saturated rings. The molecule has 2 aromatic rings. The molecule has 0 aliphatic carbocycles. The lowest BCUT2D eigenvalue weighted by Crippen LogP contribution is -2.05. The minimum absolute atomic E-state index is 0.270. The Morgan fingerprint density at radius 1 is 1.16 bits per heavy atom. The topological polar surface area (TPSA) is 48.4 Å². The van der Waals surface area contributed by atoms with Crippen LogP contribution in [0.2, 0.25) is 5.02 Å². The maximum absolute atomic E-state index is 11.1. The Morgan fingerprint density at radius 2 is 1.84 bits per heavy atom. The van der Waals surface area contributed by atoms with Crippen molar-refractivity contribution < 1.29 is 14.3 Å². The van der Waals surface area contributed by atoms with Crippen molar-refractivity contribution in [2.75, 3.05) is 0 Å². The van der Waals surface area contributed by atoms with E-state index in [-0.39, 0.29) is 5.97 Å². The number of halogens is 1. The van der Waals surface area contributed by atoms with Crippen LogP contribution in [0.4, 0.5) is 0 Å². The number of hydrogen-bond donors (Lipinski definition) is 0. The normalized spacial score (nSPS) is 10.0. The highest BCUT2D eigenvalue weighted by atomic mass is 35.5. The third-order valence-electron chi connectivity index (χ3n) is 2.27. The zero-order valence-corrected chi connectivity index (χ0v) is 11.1. The molecule has 2 rings (SSSR count). The fraction of sp³-hybridized carbons (Fsp3) is 0.143. The molecule has 0 aliphatic heterocycles. The highest BCUT2D eigenvalue weighted by molar-refractivity contribution is 6.30. The van der Waals surface area contributed by atoms with Gasteiger partial charge in [0.1, 0.15) is 11.5 Å². The van der Waals surface area contributed by atoms with Gasteiger partial charge < -0.3 is 9.47 Å². The third-order valence-corrected chi connectivity index (χ3v) is 2.49. The average Bonchev–Trinajstić information content (AvgIpc) is 2.43. The van der Waals surface area contributed by atoms with Crippen LogP contribution >= 0.6 is 11.6 Å². The Labute approximate surface area is 115 Å². The summed E-state index contributed by atoms with van der Waals surface area (Å²) in [5.41, 5.74) is 0. The molecule has 0 amide bonds. The van der Waals surface area contributed by atoms with Crippen molar-refractivity contribution in [1.82, 2.24) is 4.98 Å². The van der Waals surface area contributed by atoms with E-state index in [0.29, 0.717) is 28.8 Å². The van der Waals surface area contributed by atoms with E-state index in [2.05, 4.69) is 4.98 Å². The van der Waals surface area contributed by atoms with Gasteiger partial charge >= 0.3 is 5.97 Å². The molecular weight excluding hydrogens is 266 g/mol. The summed E-state index contributed by atoms with van der Waals surface area (Å²) >= 11 is 5.73. The quantitative estimate of drug-likeness (QED) is 0.629. The average molecular weight is 278 g/mol. The van der Waals surface area contributed by atoms with Gasteiger partial charge in [0.25, 0.3) is 0 Å². The Morgan fingerprint density at radius 3 is 2.42 bits per heavy atom. The minimum Gasteiger partial charge on any atom is -0.439 e. The minimum atomic E-state index is -0.270. The maximum atomic E-state index is 11.1. The molecule has 0 radical (unpaired) electrons. The van der Waals surface area contributed by atoms with Gasteiger partial charge in [0.05, 0.1) is 5.02 Å². The van der Waals surface area contributed by atoms with E-state index in [0.717, 1.165) is 0 Å². The first-order valence-corrected chi connectivity index (χ1v) is 6.15. The molecule has 0 saturated heterocycles. The fourth-order valence-corrected chi connectivity index (χ4v) is 1.43. The Kier molecular flexibility index (Phi) is 4.36. The summed E-state index contributed by atoms with van der Waals surface area (Å²) in [6.07, 6.45) is 1.85. The lowest BCUT2D eigenvalue weighted by molar-refractivity contribution is -0.134. The second kappa shape index (κ2) is 6.20. The molecular formula is C14H12ClNO3. The van der Waals surface area contributed by atoms with Crippen LogP contribution < -0.4 is 9.47 Å². The number of benzene rings is 1. The summed E-state index contributed by atoms with van der Waals surface area (Å²) in [7, 11) is 0. The number of nitrogens with zero attached hydrogens (tertiary/aromatic N) is 1. The summed E-state index contributed by atoms with van der Waals surface area (Å²) in [6, 6.07) is 10.1. The number of aromatic nitrogens is 1. The van der Waals surface area contributed by atoms with Gasteiger partial charge in [-0.2, -0.15) is 0 Å². The number of hydrogen-bond acceptors (Lipinski definition) is 4.